The van der Waals surface area contributed by atoms with E-state index < -0.39 is 29.7 Å². The number of benzene rings is 1. The van der Waals surface area contributed by atoms with Crippen molar-refractivity contribution in [3.05, 3.63) is 35.4 Å². The third-order valence-corrected chi connectivity index (χ3v) is 3.63. The number of rotatable bonds is 8. The number of aliphatic carboxylic acids is 1. The number of carboxylic acid groups (broad SMARTS) is 1. The lowest BCUT2D eigenvalue weighted by Crippen LogP contribution is -2.48. The van der Waals surface area contributed by atoms with Crippen LogP contribution in [0.3, 0.4) is 0 Å². The van der Waals surface area contributed by atoms with E-state index in [-0.39, 0.29) is 18.8 Å². The first-order valence-corrected chi connectivity index (χ1v) is 7.77. The quantitative estimate of drug-likeness (QED) is 0.324. The Kier molecular flexibility index (Phi) is 7.38. The van der Waals surface area contributed by atoms with Gasteiger partial charge in [-0.2, -0.15) is 0 Å². The summed E-state index contributed by atoms with van der Waals surface area (Å²) >= 11 is 0. The molecule has 0 bridgehead atoms. The molecule has 0 aliphatic rings. The number of aryl methyl sites for hydroxylation is 1. The Labute approximate surface area is 141 Å². The van der Waals surface area contributed by atoms with E-state index in [4.69, 9.17) is 5.21 Å². The van der Waals surface area contributed by atoms with E-state index in [1.165, 1.54) is 5.48 Å². The second-order valence-corrected chi connectivity index (χ2v) is 6.25. The normalized spacial score (nSPS) is 13.2. The van der Waals surface area contributed by atoms with Crippen LogP contribution in [0.2, 0.25) is 0 Å². The Morgan fingerprint density at radius 1 is 1.08 bits per heavy atom. The van der Waals surface area contributed by atoms with Gasteiger partial charge in [0.15, 0.2) is 0 Å². The molecule has 1 unspecified atom stereocenters. The first-order chi connectivity index (χ1) is 11.2. The number of carbonyl (C=O) groups excluding carboxylic acids is 2. The Morgan fingerprint density at radius 3 is 2.12 bits per heavy atom. The van der Waals surface area contributed by atoms with Crippen molar-refractivity contribution in [3.63, 3.8) is 0 Å². The summed E-state index contributed by atoms with van der Waals surface area (Å²) in [6.45, 7) is 5.59. The van der Waals surface area contributed by atoms with Crippen molar-refractivity contribution in [1.82, 2.24) is 10.8 Å². The number of carboxylic acids is 1. The summed E-state index contributed by atoms with van der Waals surface area (Å²) < 4.78 is 0. The maximum Gasteiger partial charge on any atom is 0.326 e. The molecule has 7 heteroatoms. The van der Waals surface area contributed by atoms with Crippen molar-refractivity contribution < 1.29 is 24.7 Å². The van der Waals surface area contributed by atoms with Gasteiger partial charge in [0.1, 0.15) is 12.0 Å². The van der Waals surface area contributed by atoms with Crippen LogP contribution in [0, 0.1) is 18.8 Å². The fourth-order valence-electron chi connectivity index (χ4n) is 2.31. The minimum Gasteiger partial charge on any atom is -0.480 e. The molecule has 1 aromatic rings. The van der Waals surface area contributed by atoms with E-state index in [2.05, 4.69) is 5.32 Å². The van der Waals surface area contributed by atoms with Gasteiger partial charge in [0.05, 0.1) is 0 Å². The average Bonchev–Trinajstić information content (AvgIpc) is 2.52. The van der Waals surface area contributed by atoms with E-state index in [1.807, 2.05) is 32.9 Å². The molecule has 4 N–H and O–H groups in total. The number of hydrogen-bond donors (Lipinski definition) is 4. The van der Waals surface area contributed by atoms with Crippen LogP contribution in [0.5, 0.6) is 0 Å². The fraction of sp³-hybridized carbons (Fsp3) is 0.471. The highest BCUT2D eigenvalue weighted by molar-refractivity contribution is 6.01. The maximum atomic E-state index is 12.4. The zero-order valence-corrected chi connectivity index (χ0v) is 14.1. The van der Waals surface area contributed by atoms with Gasteiger partial charge in [-0.05, 0) is 31.2 Å². The Morgan fingerprint density at radius 2 is 1.67 bits per heavy atom. The molecule has 0 aliphatic heterocycles. The highest BCUT2D eigenvalue weighted by Crippen LogP contribution is 2.13. The number of hydroxylamine groups is 1. The molecule has 0 aliphatic carbocycles. The first kappa shape index (κ1) is 19.6. The van der Waals surface area contributed by atoms with E-state index in [9.17, 15) is 19.5 Å². The molecule has 24 heavy (non-hydrogen) atoms. The molecule has 0 fully saturated rings. The first-order valence-electron chi connectivity index (χ1n) is 7.77. The predicted octanol–water partition coefficient (Wildman–Crippen LogP) is 1.27. The van der Waals surface area contributed by atoms with Crippen LogP contribution in [0.1, 0.15) is 31.4 Å². The van der Waals surface area contributed by atoms with E-state index in [0.717, 1.165) is 11.1 Å². The molecular formula is C17H24N2O5. The summed E-state index contributed by atoms with van der Waals surface area (Å²) in [5, 5.41) is 20.5. The highest BCUT2D eigenvalue weighted by atomic mass is 16.5. The molecule has 1 aromatic carbocycles. The molecule has 0 saturated heterocycles. The van der Waals surface area contributed by atoms with Crippen molar-refractivity contribution in [1.29, 1.82) is 0 Å². The monoisotopic (exact) mass is 336 g/mol. The van der Waals surface area contributed by atoms with Gasteiger partial charge >= 0.3 is 5.97 Å². The lowest BCUT2D eigenvalue weighted by Gasteiger charge is -2.20. The summed E-state index contributed by atoms with van der Waals surface area (Å²) in [6, 6.07) is 6.18. The Hall–Kier alpha value is -2.41. The van der Waals surface area contributed by atoms with Gasteiger partial charge in [-0.15, -0.1) is 0 Å². The lowest BCUT2D eigenvalue weighted by atomic mass is 9.96. The zero-order chi connectivity index (χ0) is 18.3. The summed E-state index contributed by atoms with van der Waals surface area (Å²) in [4.78, 5) is 35.5. The van der Waals surface area contributed by atoms with Gasteiger partial charge in [0, 0.05) is 0 Å². The molecule has 132 valence electrons. The van der Waals surface area contributed by atoms with Crippen molar-refractivity contribution in [2.24, 2.45) is 11.8 Å². The van der Waals surface area contributed by atoms with Crippen LogP contribution in [0.15, 0.2) is 24.3 Å². The van der Waals surface area contributed by atoms with E-state index in [1.54, 1.807) is 12.1 Å². The lowest BCUT2D eigenvalue weighted by molar-refractivity contribution is -0.146. The topological polar surface area (TPSA) is 116 Å². The van der Waals surface area contributed by atoms with Gasteiger partial charge in [-0.25, -0.2) is 10.3 Å². The van der Waals surface area contributed by atoms with Crippen molar-refractivity contribution in [3.8, 4) is 0 Å². The molecule has 2 atom stereocenters. The van der Waals surface area contributed by atoms with Crippen LogP contribution in [0.4, 0.5) is 0 Å². The van der Waals surface area contributed by atoms with Gasteiger partial charge in [-0.1, -0.05) is 43.7 Å². The smallest absolute Gasteiger partial charge is 0.326 e. The van der Waals surface area contributed by atoms with Crippen LogP contribution in [-0.2, 0) is 20.8 Å². The molecule has 0 spiro atoms. The summed E-state index contributed by atoms with van der Waals surface area (Å²) in [5.41, 5.74) is 3.25. The number of nitrogens with one attached hydrogen (secondary N) is 2. The molecule has 0 saturated carbocycles. The minimum atomic E-state index is -1.22. The van der Waals surface area contributed by atoms with Crippen molar-refractivity contribution >= 4 is 17.8 Å². The van der Waals surface area contributed by atoms with Crippen molar-refractivity contribution in [2.45, 2.75) is 39.7 Å². The van der Waals surface area contributed by atoms with E-state index >= 15 is 0 Å². The van der Waals surface area contributed by atoms with E-state index in [0.29, 0.717) is 0 Å². The Bertz CT molecular complexity index is 583. The third-order valence-electron chi connectivity index (χ3n) is 3.63. The molecule has 2 amide bonds. The summed E-state index contributed by atoms with van der Waals surface area (Å²) in [7, 11) is 0. The number of amides is 2. The Balaban J connectivity index is 2.90. The van der Waals surface area contributed by atoms with Crippen molar-refractivity contribution in [2.75, 3.05) is 0 Å². The molecule has 1 rings (SSSR count). The van der Waals surface area contributed by atoms with Crippen LogP contribution in [0.25, 0.3) is 0 Å². The zero-order valence-electron chi connectivity index (χ0n) is 14.1. The van der Waals surface area contributed by atoms with Gasteiger partial charge in [0.25, 0.3) is 5.91 Å². The highest BCUT2D eigenvalue weighted by Gasteiger charge is 2.30. The predicted molar refractivity (Wildman–Crippen MR) is 87.3 cm³/mol. The molecule has 0 heterocycles. The largest absolute Gasteiger partial charge is 0.480 e. The number of carbonyl (C=O) groups is 3. The van der Waals surface area contributed by atoms with Gasteiger partial charge < -0.3 is 10.4 Å². The van der Waals surface area contributed by atoms with Gasteiger partial charge in [-0.3, -0.25) is 14.8 Å². The van der Waals surface area contributed by atoms with Crippen LogP contribution < -0.4 is 10.8 Å². The second-order valence-electron chi connectivity index (χ2n) is 6.25. The molecule has 7 nitrogen and oxygen atoms in total. The molecule has 0 radical (unpaired) electrons. The maximum absolute atomic E-state index is 12.4. The summed E-state index contributed by atoms with van der Waals surface area (Å²) in [6.07, 6.45) is 0.311. The second kappa shape index (κ2) is 9.02. The standard InChI is InChI=1S/C17H24N2O5/c1-10(2)8-14(17(22)23)18-15(20)13(16(21)19-24)9-12-6-4-11(3)5-7-12/h4-7,10,13-14,24H,8-9H2,1-3H3,(H,18,20)(H,19,21)(H,22,23)/t13?,14-/m0/s1. The fourth-order valence-corrected chi connectivity index (χ4v) is 2.31. The SMILES string of the molecule is Cc1ccc(CC(C(=O)NO)C(=O)N[C@@H](CC(C)C)C(=O)O)cc1. The average molecular weight is 336 g/mol. The molecular weight excluding hydrogens is 312 g/mol. The van der Waals surface area contributed by atoms with Crippen LogP contribution in [-0.4, -0.2) is 34.1 Å². The minimum absolute atomic E-state index is 0.0620. The number of hydrogen-bond acceptors (Lipinski definition) is 4. The van der Waals surface area contributed by atoms with Gasteiger partial charge in [0.2, 0.25) is 5.91 Å². The van der Waals surface area contributed by atoms with Crippen LogP contribution >= 0.6 is 0 Å². The summed E-state index contributed by atoms with van der Waals surface area (Å²) in [5.74, 6) is -3.91. The third kappa shape index (κ3) is 6.00. The molecule has 0 aromatic heterocycles.